The van der Waals surface area contributed by atoms with Crippen molar-refractivity contribution in [2.45, 2.75) is 33.6 Å². The lowest BCUT2D eigenvalue weighted by Crippen LogP contribution is -2.39. The minimum atomic E-state index is -0.204. The molecule has 0 saturated carbocycles. The van der Waals surface area contributed by atoms with Gasteiger partial charge in [0.15, 0.2) is 0 Å². The number of fused-ring (bicyclic) bond motifs is 1. The van der Waals surface area contributed by atoms with Gasteiger partial charge >= 0.3 is 5.97 Å². The van der Waals surface area contributed by atoms with E-state index in [0.29, 0.717) is 38.3 Å². The van der Waals surface area contributed by atoms with Crippen molar-refractivity contribution in [3.63, 3.8) is 0 Å². The van der Waals surface area contributed by atoms with Crippen LogP contribution in [-0.2, 0) is 14.3 Å². The standard InChI is InChI=1S/C29H33NO6/c1-6-35-27-19(3)28-23(24(17-36-28)21-9-7-8-10-25(21)33-4)16-22(27)18(2)15-26(31)30-13-11-20(12-14-30)29(32)34-5/h7-10,15-17,20H,6,11-14H2,1-5H3/b18-15+. The van der Waals surface area contributed by atoms with Crippen LogP contribution in [0.15, 0.2) is 47.1 Å². The number of esters is 1. The summed E-state index contributed by atoms with van der Waals surface area (Å²) in [7, 11) is 3.05. The third-order valence-corrected chi connectivity index (χ3v) is 6.84. The van der Waals surface area contributed by atoms with Gasteiger partial charge in [-0.25, -0.2) is 0 Å². The number of furan rings is 1. The molecule has 190 valence electrons. The first-order valence-corrected chi connectivity index (χ1v) is 12.3. The first kappa shape index (κ1) is 25.4. The van der Waals surface area contributed by atoms with E-state index in [9.17, 15) is 9.59 Å². The second-order valence-electron chi connectivity index (χ2n) is 8.99. The summed E-state index contributed by atoms with van der Waals surface area (Å²) in [5.41, 5.74) is 5.11. The number of benzene rings is 2. The van der Waals surface area contributed by atoms with Crippen LogP contribution in [0, 0.1) is 12.8 Å². The van der Waals surface area contributed by atoms with Crippen LogP contribution in [0.4, 0.5) is 0 Å². The number of hydrogen-bond donors (Lipinski definition) is 0. The lowest BCUT2D eigenvalue weighted by molar-refractivity contribution is -0.148. The number of hydrogen-bond acceptors (Lipinski definition) is 6. The van der Waals surface area contributed by atoms with E-state index in [2.05, 4.69) is 0 Å². The highest BCUT2D eigenvalue weighted by atomic mass is 16.5. The average Bonchev–Trinajstić information content (AvgIpc) is 3.33. The van der Waals surface area contributed by atoms with Crippen LogP contribution in [0.5, 0.6) is 11.5 Å². The van der Waals surface area contributed by atoms with Gasteiger partial charge in [-0.3, -0.25) is 9.59 Å². The molecule has 0 N–H and O–H groups in total. The SMILES string of the molecule is CCOc1c(/C(C)=C/C(=O)N2CCC(C(=O)OC)CC2)cc2c(-c3ccccc3OC)coc2c1C. The largest absolute Gasteiger partial charge is 0.496 e. The van der Waals surface area contributed by atoms with Crippen LogP contribution < -0.4 is 9.47 Å². The molecule has 7 nitrogen and oxygen atoms in total. The highest BCUT2D eigenvalue weighted by Crippen LogP contribution is 2.42. The van der Waals surface area contributed by atoms with Gasteiger partial charge in [0, 0.05) is 46.8 Å². The fraction of sp³-hybridized carbons (Fsp3) is 0.379. The predicted octanol–water partition coefficient (Wildman–Crippen LogP) is 5.63. The van der Waals surface area contributed by atoms with E-state index < -0.39 is 0 Å². The van der Waals surface area contributed by atoms with Crippen molar-refractivity contribution >= 4 is 28.4 Å². The second-order valence-corrected chi connectivity index (χ2v) is 8.99. The number of allylic oxidation sites excluding steroid dienone is 1. The number of aryl methyl sites for hydroxylation is 1. The molecule has 1 amide bonds. The molecule has 36 heavy (non-hydrogen) atoms. The Labute approximate surface area is 211 Å². The van der Waals surface area contributed by atoms with E-state index in [0.717, 1.165) is 44.5 Å². The topological polar surface area (TPSA) is 78.2 Å². The predicted molar refractivity (Wildman–Crippen MR) is 139 cm³/mol. The zero-order valence-electron chi connectivity index (χ0n) is 21.6. The van der Waals surface area contributed by atoms with Crippen molar-refractivity contribution in [3.8, 4) is 22.6 Å². The van der Waals surface area contributed by atoms with Gasteiger partial charge < -0.3 is 23.5 Å². The molecule has 1 aromatic heterocycles. The maximum atomic E-state index is 13.1. The highest BCUT2D eigenvalue weighted by molar-refractivity contribution is 6.02. The fourth-order valence-corrected chi connectivity index (χ4v) is 4.87. The number of para-hydroxylation sites is 1. The second kappa shape index (κ2) is 10.9. The number of carbonyl (C=O) groups is 2. The number of carbonyl (C=O) groups excluding carboxylic acids is 2. The first-order valence-electron chi connectivity index (χ1n) is 12.3. The van der Waals surface area contributed by atoms with E-state index in [1.165, 1.54) is 7.11 Å². The monoisotopic (exact) mass is 491 g/mol. The molecule has 4 rings (SSSR count). The Bertz CT molecular complexity index is 1300. The normalized spacial score (nSPS) is 14.7. The van der Waals surface area contributed by atoms with Gasteiger partial charge in [-0.15, -0.1) is 0 Å². The lowest BCUT2D eigenvalue weighted by atomic mass is 9.95. The summed E-state index contributed by atoms with van der Waals surface area (Å²) in [6, 6.07) is 9.84. The molecule has 2 heterocycles. The van der Waals surface area contributed by atoms with E-state index in [1.54, 1.807) is 24.3 Å². The van der Waals surface area contributed by atoms with E-state index in [1.807, 2.05) is 51.1 Å². The highest BCUT2D eigenvalue weighted by Gasteiger charge is 2.27. The van der Waals surface area contributed by atoms with Crippen molar-refractivity contribution in [2.75, 3.05) is 33.9 Å². The number of likely N-dealkylation sites (tertiary alicyclic amines) is 1. The van der Waals surface area contributed by atoms with Crippen molar-refractivity contribution in [2.24, 2.45) is 5.92 Å². The third-order valence-electron chi connectivity index (χ3n) is 6.84. The Hall–Kier alpha value is -3.74. The molecule has 0 spiro atoms. The molecule has 2 aromatic carbocycles. The van der Waals surface area contributed by atoms with Crippen molar-refractivity contribution in [3.05, 3.63) is 53.8 Å². The Kier molecular flexibility index (Phi) is 7.67. The van der Waals surface area contributed by atoms with E-state index in [4.69, 9.17) is 18.6 Å². The van der Waals surface area contributed by atoms with Gasteiger partial charge in [-0.05, 0) is 51.3 Å². The van der Waals surface area contributed by atoms with Crippen LogP contribution in [0.25, 0.3) is 27.7 Å². The number of methoxy groups -OCH3 is 2. The smallest absolute Gasteiger partial charge is 0.308 e. The van der Waals surface area contributed by atoms with E-state index >= 15 is 0 Å². The number of nitrogens with zero attached hydrogens (tertiary/aromatic N) is 1. The van der Waals surface area contributed by atoms with Crippen LogP contribution in [0.1, 0.15) is 37.8 Å². The van der Waals surface area contributed by atoms with Gasteiger partial charge in [0.2, 0.25) is 5.91 Å². The Morgan fingerprint density at radius 1 is 1.14 bits per heavy atom. The Morgan fingerprint density at radius 2 is 1.86 bits per heavy atom. The summed E-state index contributed by atoms with van der Waals surface area (Å²) in [4.78, 5) is 26.7. The molecule has 0 radical (unpaired) electrons. The number of ether oxygens (including phenoxy) is 3. The summed E-state index contributed by atoms with van der Waals surface area (Å²) in [6.45, 7) is 7.37. The Morgan fingerprint density at radius 3 is 2.53 bits per heavy atom. The van der Waals surface area contributed by atoms with Crippen molar-refractivity contribution < 1.29 is 28.2 Å². The Balaban J connectivity index is 1.71. The molecule has 1 aliphatic heterocycles. The lowest BCUT2D eigenvalue weighted by Gasteiger charge is -2.30. The zero-order chi connectivity index (χ0) is 25.8. The summed E-state index contributed by atoms with van der Waals surface area (Å²) in [6.07, 6.45) is 4.62. The van der Waals surface area contributed by atoms with Crippen LogP contribution in [0.2, 0.25) is 0 Å². The minimum absolute atomic E-state index is 0.0758. The van der Waals surface area contributed by atoms with Gasteiger partial charge in [-0.1, -0.05) is 18.2 Å². The molecule has 0 bridgehead atoms. The maximum Gasteiger partial charge on any atom is 0.308 e. The van der Waals surface area contributed by atoms with Crippen LogP contribution in [-0.4, -0.2) is 50.7 Å². The van der Waals surface area contributed by atoms with Crippen molar-refractivity contribution in [1.29, 1.82) is 0 Å². The first-order chi connectivity index (χ1) is 17.4. The van der Waals surface area contributed by atoms with Crippen LogP contribution >= 0.6 is 0 Å². The van der Waals surface area contributed by atoms with E-state index in [-0.39, 0.29) is 17.8 Å². The zero-order valence-corrected chi connectivity index (χ0v) is 21.6. The number of piperidine rings is 1. The van der Waals surface area contributed by atoms with Gasteiger partial charge in [0.1, 0.15) is 17.1 Å². The van der Waals surface area contributed by atoms with Gasteiger partial charge in [0.05, 0.1) is 33.0 Å². The molecule has 1 aliphatic rings. The molecule has 0 unspecified atom stereocenters. The van der Waals surface area contributed by atoms with Crippen molar-refractivity contribution in [1.82, 2.24) is 4.90 Å². The van der Waals surface area contributed by atoms with Gasteiger partial charge in [0.25, 0.3) is 0 Å². The summed E-state index contributed by atoms with van der Waals surface area (Å²) >= 11 is 0. The fourth-order valence-electron chi connectivity index (χ4n) is 4.87. The molecular weight excluding hydrogens is 458 g/mol. The van der Waals surface area contributed by atoms with Gasteiger partial charge in [-0.2, -0.15) is 0 Å². The molecule has 0 aliphatic carbocycles. The average molecular weight is 492 g/mol. The number of rotatable bonds is 7. The maximum absolute atomic E-state index is 13.1. The molecular formula is C29H33NO6. The quantitative estimate of drug-likeness (QED) is 0.315. The molecule has 1 fully saturated rings. The van der Waals surface area contributed by atoms with Crippen LogP contribution in [0.3, 0.4) is 0 Å². The molecule has 3 aromatic rings. The molecule has 0 atom stereocenters. The summed E-state index contributed by atoms with van der Waals surface area (Å²) in [5.74, 6) is 1.04. The minimum Gasteiger partial charge on any atom is -0.496 e. The molecule has 1 saturated heterocycles. The number of amides is 1. The third kappa shape index (κ3) is 4.83. The summed E-state index contributed by atoms with van der Waals surface area (Å²) in [5, 5.41) is 0.926. The summed E-state index contributed by atoms with van der Waals surface area (Å²) < 4.78 is 22.5. The molecule has 7 heteroatoms.